The first-order valence-electron chi connectivity index (χ1n) is 20.5. The summed E-state index contributed by atoms with van der Waals surface area (Å²) in [6.07, 6.45) is 3.94. The van der Waals surface area contributed by atoms with E-state index in [-0.39, 0.29) is 57.3 Å². The van der Waals surface area contributed by atoms with Crippen LogP contribution in [0, 0.1) is 17.2 Å². The summed E-state index contributed by atoms with van der Waals surface area (Å²) < 4.78 is 13.4. The van der Waals surface area contributed by atoms with E-state index in [1.807, 2.05) is 0 Å². The molecule has 1 saturated carbocycles. The number of rotatable bonds is 11. The lowest BCUT2D eigenvalue weighted by molar-refractivity contribution is -0.142. The molecule has 15 heteroatoms. The van der Waals surface area contributed by atoms with Gasteiger partial charge in [-0.2, -0.15) is 0 Å². The summed E-state index contributed by atoms with van der Waals surface area (Å²) in [6.45, 7) is 1.76. The number of nitrogens with one attached hydrogen (secondary N) is 5. The molecule has 1 aliphatic carbocycles. The van der Waals surface area contributed by atoms with Gasteiger partial charge in [0.1, 0.15) is 29.7 Å². The number of hydrogen-bond donors (Lipinski definition) is 6. The summed E-state index contributed by atoms with van der Waals surface area (Å²) in [5.41, 5.74) is 1.68. The van der Waals surface area contributed by atoms with Gasteiger partial charge in [-0.05, 0) is 97.9 Å². The second-order valence-corrected chi connectivity index (χ2v) is 16.5. The molecular weight excluding hydrogens is 793 g/mol. The largest absolute Gasteiger partial charge is 0.480 e. The van der Waals surface area contributed by atoms with Gasteiger partial charge < -0.3 is 31.7 Å². The van der Waals surface area contributed by atoms with Gasteiger partial charge in [-0.15, -0.1) is 0 Å². The number of anilines is 1. The molecule has 6 N–H and O–H groups in total. The SMILES string of the molecule is C[C@H]1NC(=O)[C@@H](Cc2ccc(NC(=O)[C@@H](CC(=O)Cc3ccc(F)cc3)Cc3ccccc3Cl)cc2)NC(=O)CC2(CCCC2)CC(=O)N[C@H](C(=O)O)CCCCNC1=O. The summed E-state index contributed by atoms with van der Waals surface area (Å²) in [5.74, 6) is -4.91. The van der Waals surface area contributed by atoms with Crippen LogP contribution in [0.25, 0.3) is 0 Å². The Morgan fingerprint density at radius 3 is 2.15 bits per heavy atom. The molecule has 4 atom stereocenters. The molecule has 5 amide bonds. The average molecular weight is 846 g/mol. The van der Waals surface area contributed by atoms with Gasteiger partial charge >= 0.3 is 5.97 Å². The van der Waals surface area contributed by atoms with Gasteiger partial charge in [0.05, 0.1) is 0 Å². The Labute approximate surface area is 354 Å². The van der Waals surface area contributed by atoms with E-state index in [0.29, 0.717) is 53.1 Å². The normalized spacial score (nSPS) is 21.0. The van der Waals surface area contributed by atoms with Crippen LogP contribution in [-0.4, -0.2) is 71.1 Å². The smallest absolute Gasteiger partial charge is 0.326 e. The molecule has 5 rings (SSSR count). The van der Waals surface area contributed by atoms with Crippen molar-refractivity contribution < 1.29 is 43.1 Å². The quantitative estimate of drug-likeness (QED) is 0.151. The predicted octanol–water partition coefficient (Wildman–Crippen LogP) is 5.22. The van der Waals surface area contributed by atoms with Crippen molar-refractivity contribution in [3.8, 4) is 0 Å². The van der Waals surface area contributed by atoms with Crippen molar-refractivity contribution in [3.63, 3.8) is 0 Å². The molecule has 0 radical (unpaired) electrons. The van der Waals surface area contributed by atoms with Crippen molar-refractivity contribution in [2.75, 3.05) is 11.9 Å². The van der Waals surface area contributed by atoms with Crippen LogP contribution in [-0.2, 0) is 52.8 Å². The number of halogens is 2. The van der Waals surface area contributed by atoms with E-state index in [4.69, 9.17) is 11.6 Å². The summed E-state index contributed by atoms with van der Waals surface area (Å²) >= 11 is 6.43. The Bertz CT molecular complexity index is 2020. The first kappa shape index (κ1) is 45.5. The lowest BCUT2D eigenvalue weighted by Crippen LogP contribution is -2.54. The zero-order chi connectivity index (χ0) is 43.2. The van der Waals surface area contributed by atoms with Crippen LogP contribution >= 0.6 is 11.6 Å². The van der Waals surface area contributed by atoms with Crippen LogP contribution in [0.15, 0.2) is 72.8 Å². The standard InChI is InChI=1S/C45H53ClFN5O8/c1-28-41(56)48-21-7-4-10-37(44(59)60)51-39(54)26-45(19-5-6-20-45)27-40(55)52-38(43(58)49-28)23-30-13-17-34(18-14-30)50-42(57)32(24-31-8-2-3-9-36(31)46)25-35(53)22-29-11-15-33(47)16-12-29/h2-3,8-9,11-18,28,32,37-38H,4-7,10,19-27H2,1H3,(H,48,56)(H,49,58)(H,50,57)(H,51,54)(H,52,55)(H,59,60)/t28-,32-,37+,38-/m1/s1. The Balaban J connectivity index is 1.30. The molecule has 320 valence electrons. The monoisotopic (exact) mass is 845 g/mol. The molecule has 3 aromatic rings. The third kappa shape index (κ3) is 13.7. The van der Waals surface area contributed by atoms with Crippen molar-refractivity contribution in [1.82, 2.24) is 21.3 Å². The first-order chi connectivity index (χ1) is 28.7. The molecule has 0 unspecified atom stereocenters. The van der Waals surface area contributed by atoms with E-state index in [1.165, 1.54) is 31.2 Å². The highest BCUT2D eigenvalue weighted by Gasteiger charge is 2.39. The van der Waals surface area contributed by atoms with Gasteiger partial charge in [0.25, 0.3) is 0 Å². The Hall–Kier alpha value is -5.63. The number of benzene rings is 3. The minimum atomic E-state index is -1.15. The number of carboxylic acids is 1. The summed E-state index contributed by atoms with van der Waals surface area (Å²) in [5, 5.41) is 24.0. The third-order valence-corrected chi connectivity index (χ3v) is 11.6. The Morgan fingerprint density at radius 1 is 0.833 bits per heavy atom. The van der Waals surface area contributed by atoms with Crippen molar-refractivity contribution >= 4 is 58.6 Å². The number of carbonyl (C=O) groups excluding carboxylic acids is 6. The van der Waals surface area contributed by atoms with E-state index >= 15 is 0 Å². The fourth-order valence-corrected chi connectivity index (χ4v) is 8.18. The van der Waals surface area contributed by atoms with Gasteiger partial charge in [-0.3, -0.25) is 28.8 Å². The molecule has 0 aromatic heterocycles. The van der Waals surface area contributed by atoms with Gasteiger partial charge in [-0.25, -0.2) is 9.18 Å². The molecule has 0 bridgehead atoms. The van der Waals surface area contributed by atoms with Gasteiger partial charge in [0, 0.05) is 55.3 Å². The number of Topliss-reactive ketones (excluding diaryl/α,β-unsaturated/α-hetero) is 1. The van der Waals surface area contributed by atoms with Crippen molar-refractivity contribution in [3.05, 3.63) is 100 Å². The molecule has 1 heterocycles. The average Bonchev–Trinajstić information content (AvgIpc) is 3.65. The molecule has 2 aliphatic rings. The van der Waals surface area contributed by atoms with Crippen LogP contribution in [0.1, 0.15) is 87.8 Å². The number of carboxylic acid groups (broad SMARTS) is 1. The molecule has 60 heavy (non-hydrogen) atoms. The van der Waals surface area contributed by atoms with Crippen LogP contribution in [0.4, 0.5) is 10.1 Å². The molecule has 1 saturated heterocycles. The lowest BCUT2D eigenvalue weighted by atomic mass is 9.78. The van der Waals surface area contributed by atoms with Crippen LogP contribution in [0.2, 0.25) is 5.02 Å². The minimum Gasteiger partial charge on any atom is -0.480 e. The zero-order valence-corrected chi connectivity index (χ0v) is 34.5. The first-order valence-corrected chi connectivity index (χ1v) is 20.9. The fraction of sp³-hybridized carbons (Fsp3) is 0.444. The third-order valence-electron chi connectivity index (χ3n) is 11.2. The molecule has 13 nitrogen and oxygen atoms in total. The highest BCUT2D eigenvalue weighted by Crippen LogP contribution is 2.44. The van der Waals surface area contributed by atoms with Crippen LogP contribution in [0.3, 0.4) is 0 Å². The summed E-state index contributed by atoms with van der Waals surface area (Å²) in [7, 11) is 0. The van der Waals surface area contributed by atoms with Gasteiger partial charge in [0.2, 0.25) is 29.5 Å². The summed E-state index contributed by atoms with van der Waals surface area (Å²) in [4.78, 5) is 92.3. The zero-order valence-electron chi connectivity index (χ0n) is 33.7. The minimum absolute atomic E-state index is 0.0248. The maximum atomic E-state index is 13.7. The molecule has 3 aromatic carbocycles. The maximum absolute atomic E-state index is 13.7. The molecular formula is C45H53ClFN5O8. The summed E-state index contributed by atoms with van der Waals surface area (Å²) in [6, 6.07) is 16.2. The van der Waals surface area contributed by atoms with E-state index in [1.54, 1.807) is 48.5 Å². The van der Waals surface area contributed by atoms with Crippen molar-refractivity contribution in [2.24, 2.45) is 11.3 Å². The number of amides is 5. The molecule has 1 spiro atoms. The number of ketones is 1. The Kier molecular flexibility index (Phi) is 16.3. The topological polar surface area (TPSA) is 200 Å². The number of aliphatic carboxylic acids is 1. The van der Waals surface area contributed by atoms with E-state index in [0.717, 1.165) is 12.8 Å². The predicted molar refractivity (Wildman–Crippen MR) is 223 cm³/mol. The second-order valence-electron chi connectivity index (χ2n) is 16.1. The van der Waals surface area contributed by atoms with E-state index in [9.17, 15) is 43.1 Å². The van der Waals surface area contributed by atoms with E-state index < -0.39 is 70.8 Å². The van der Waals surface area contributed by atoms with E-state index in [2.05, 4.69) is 26.6 Å². The maximum Gasteiger partial charge on any atom is 0.326 e. The van der Waals surface area contributed by atoms with Gasteiger partial charge in [0.15, 0.2) is 0 Å². The fourth-order valence-electron chi connectivity index (χ4n) is 7.97. The van der Waals surface area contributed by atoms with Crippen molar-refractivity contribution in [2.45, 2.75) is 109 Å². The lowest BCUT2D eigenvalue weighted by Gasteiger charge is -2.30. The molecule has 2 fully saturated rings. The number of carbonyl (C=O) groups is 7. The molecule has 1 aliphatic heterocycles. The second kappa shape index (κ2) is 21.6. The highest BCUT2D eigenvalue weighted by atomic mass is 35.5. The highest BCUT2D eigenvalue weighted by molar-refractivity contribution is 6.31. The number of hydrogen-bond acceptors (Lipinski definition) is 7. The van der Waals surface area contributed by atoms with Gasteiger partial charge in [-0.1, -0.05) is 66.9 Å². The van der Waals surface area contributed by atoms with Crippen molar-refractivity contribution in [1.29, 1.82) is 0 Å². The Morgan fingerprint density at radius 2 is 1.48 bits per heavy atom. The van der Waals surface area contributed by atoms with Crippen LogP contribution in [0.5, 0.6) is 0 Å². The van der Waals surface area contributed by atoms with Crippen LogP contribution < -0.4 is 26.6 Å².